The number of carbonyl (C=O) groups excluding carboxylic acids is 2. The molecule has 2 fully saturated rings. The Morgan fingerprint density at radius 3 is 2.02 bits per heavy atom. The monoisotopic (exact) mass is 610 g/mol. The maximum atomic E-state index is 11.9. The fourth-order valence-electron chi connectivity index (χ4n) is 7.19. The van der Waals surface area contributed by atoms with Crippen LogP contribution in [0.25, 0.3) is 0 Å². The number of hydrogen-bond donors (Lipinski definition) is 1. The molecule has 0 bridgehead atoms. The number of ether oxygens (including phenoxy) is 2. The van der Waals surface area contributed by atoms with E-state index in [1.165, 1.54) is 107 Å². The van der Waals surface area contributed by atoms with Crippen LogP contribution in [-0.4, -0.2) is 44.3 Å². The SMILES string of the molecule is C=C(C)C(=O)OCC(COC)c1ccc(CCC2CCC(C3CCC(CCCCC)CC3)CC2)c(CC)c1.C=C(C=O)CO. The predicted octanol–water partition coefficient (Wildman–Crippen LogP) is 8.96. The molecule has 0 saturated heterocycles. The van der Waals surface area contributed by atoms with E-state index in [1.54, 1.807) is 14.0 Å². The lowest BCUT2D eigenvalue weighted by Crippen LogP contribution is -2.26. The van der Waals surface area contributed by atoms with Crippen molar-refractivity contribution in [2.75, 3.05) is 26.9 Å². The highest BCUT2D eigenvalue weighted by atomic mass is 16.5. The molecule has 1 aromatic carbocycles. The van der Waals surface area contributed by atoms with Crippen LogP contribution >= 0.6 is 0 Å². The van der Waals surface area contributed by atoms with E-state index >= 15 is 0 Å². The first-order valence-electron chi connectivity index (χ1n) is 17.4. The predicted molar refractivity (Wildman–Crippen MR) is 182 cm³/mol. The third-order valence-corrected chi connectivity index (χ3v) is 10.1. The lowest BCUT2D eigenvalue weighted by atomic mass is 9.68. The third-order valence-electron chi connectivity index (χ3n) is 10.1. The van der Waals surface area contributed by atoms with Crippen molar-refractivity contribution in [1.29, 1.82) is 0 Å². The molecule has 2 aliphatic rings. The summed E-state index contributed by atoms with van der Waals surface area (Å²) in [6.45, 7) is 13.7. The summed E-state index contributed by atoms with van der Waals surface area (Å²) < 4.78 is 10.9. The van der Waals surface area contributed by atoms with Crippen molar-refractivity contribution in [3.63, 3.8) is 0 Å². The average molecular weight is 611 g/mol. The van der Waals surface area contributed by atoms with Gasteiger partial charge in [-0.05, 0) is 92.2 Å². The molecule has 248 valence electrons. The number of methoxy groups -OCH3 is 1. The number of aryl methyl sites for hydroxylation is 2. The van der Waals surface area contributed by atoms with Crippen LogP contribution in [0.2, 0.25) is 0 Å². The van der Waals surface area contributed by atoms with E-state index in [1.807, 2.05) is 0 Å². The quantitative estimate of drug-likeness (QED) is 0.0825. The normalized spacial score (nSPS) is 22.3. The van der Waals surface area contributed by atoms with Gasteiger partial charge in [-0.2, -0.15) is 0 Å². The van der Waals surface area contributed by atoms with Gasteiger partial charge in [0.25, 0.3) is 0 Å². The number of aldehydes is 1. The van der Waals surface area contributed by atoms with Crippen LogP contribution in [0.15, 0.2) is 42.5 Å². The van der Waals surface area contributed by atoms with Crippen molar-refractivity contribution in [2.24, 2.45) is 23.7 Å². The zero-order chi connectivity index (χ0) is 32.3. The molecule has 2 saturated carbocycles. The minimum Gasteiger partial charge on any atom is -0.462 e. The van der Waals surface area contributed by atoms with Gasteiger partial charge >= 0.3 is 5.97 Å². The summed E-state index contributed by atoms with van der Waals surface area (Å²) in [5.74, 6) is 3.66. The Kier molecular flexibility index (Phi) is 18.5. The largest absolute Gasteiger partial charge is 0.462 e. The Bertz CT molecular complexity index is 998. The number of benzene rings is 1. The van der Waals surface area contributed by atoms with E-state index < -0.39 is 0 Å². The van der Waals surface area contributed by atoms with Crippen molar-refractivity contribution in [1.82, 2.24) is 0 Å². The smallest absolute Gasteiger partial charge is 0.333 e. The second kappa shape index (κ2) is 21.5. The molecule has 1 aromatic rings. The summed E-state index contributed by atoms with van der Waals surface area (Å²) in [5, 5.41) is 8.00. The van der Waals surface area contributed by atoms with Gasteiger partial charge in [0.15, 0.2) is 0 Å². The van der Waals surface area contributed by atoms with E-state index in [-0.39, 0.29) is 24.1 Å². The van der Waals surface area contributed by atoms with Gasteiger partial charge in [-0.15, -0.1) is 0 Å². The van der Waals surface area contributed by atoms with Gasteiger partial charge in [-0.3, -0.25) is 4.79 Å². The maximum absolute atomic E-state index is 11.9. The number of esters is 1. The summed E-state index contributed by atoms with van der Waals surface area (Å²) in [6.07, 6.45) is 21.6. The molecule has 5 nitrogen and oxygen atoms in total. The van der Waals surface area contributed by atoms with Crippen LogP contribution in [0.5, 0.6) is 0 Å². The van der Waals surface area contributed by atoms with E-state index in [9.17, 15) is 9.59 Å². The molecule has 2 aliphatic carbocycles. The summed E-state index contributed by atoms with van der Waals surface area (Å²) in [5.41, 5.74) is 4.77. The number of carbonyl (C=O) groups is 2. The zero-order valence-corrected chi connectivity index (χ0v) is 28.4. The molecule has 0 aliphatic heterocycles. The fraction of sp³-hybridized carbons (Fsp3) is 0.692. The second-order valence-corrected chi connectivity index (χ2v) is 13.4. The standard InChI is InChI=1S/C35H56O3.C4H6O2/c1-6-8-9-10-27-11-17-31(18-12-27)32-19-14-28(15-20-32)13-16-30-21-22-33(23-29(30)7-2)34(24-37-5)25-38-35(36)26(3)4;1-4(2-5)3-6/h21-23,27-28,31-32,34H,3,6-20,24-25H2,1-2,4-5H3;2,6H,1,3H2. The Hall–Kier alpha value is -2.24. The topological polar surface area (TPSA) is 72.8 Å². The molecule has 0 heterocycles. The second-order valence-electron chi connectivity index (χ2n) is 13.4. The molecule has 1 atom stereocenters. The average Bonchev–Trinajstić information content (AvgIpc) is 3.06. The van der Waals surface area contributed by atoms with Crippen LogP contribution < -0.4 is 0 Å². The van der Waals surface area contributed by atoms with Crippen molar-refractivity contribution < 1.29 is 24.2 Å². The van der Waals surface area contributed by atoms with Gasteiger partial charge in [-0.25, -0.2) is 4.79 Å². The maximum Gasteiger partial charge on any atom is 0.333 e. The van der Waals surface area contributed by atoms with Crippen molar-refractivity contribution >= 4 is 12.3 Å². The number of aliphatic hydroxyl groups excluding tert-OH is 1. The summed E-state index contributed by atoms with van der Waals surface area (Å²) >= 11 is 0. The summed E-state index contributed by atoms with van der Waals surface area (Å²) in [4.78, 5) is 21.4. The van der Waals surface area contributed by atoms with E-state index in [0.29, 0.717) is 25.1 Å². The summed E-state index contributed by atoms with van der Waals surface area (Å²) in [6, 6.07) is 6.87. The lowest BCUT2D eigenvalue weighted by molar-refractivity contribution is -0.139. The Labute approximate surface area is 268 Å². The Morgan fingerprint density at radius 2 is 1.55 bits per heavy atom. The van der Waals surface area contributed by atoms with E-state index in [0.717, 1.165) is 30.1 Å². The Morgan fingerprint density at radius 1 is 0.932 bits per heavy atom. The highest BCUT2D eigenvalue weighted by Gasteiger charge is 2.30. The zero-order valence-electron chi connectivity index (χ0n) is 28.4. The molecule has 1 unspecified atom stereocenters. The molecule has 3 rings (SSSR count). The molecule has 0 amide bonds. The van der Waals surface area contributed by atoms with Crippen LogP contribution in [0.4, 0.5) is 0 Å². The first-order chi connectivity index (χ1) is 21.3. The molecule has 5 heteroatoms. The van der Waals surface area contributed by atoms with E-state index in [2.05, 4.69) is 45.2 Å². The lowest BCUT2D eigenvalue weighted by Gasteiger charge is -2.38. The van der Waals surface area contributed by atoms with Gasteiger partial charge in [0.2, 0.25) is 0 Å². The molecule has 44 heavy (non-hydrogen) atoms. The molecule has 1 N–H and O–H groups in total. The highest BCUT2D eigenvalue weighted by Crippen LogP contribution is 2.43. The van der Waals surface area contributed by atoms with Crippen LogP contribution in [0.3, 0.4) is 0 Å². The molecular weight excluding hydrogens is 548 g/mol. The van der Waals surface area contributed by atoms with Gasteiger partial charge in [0.05, 0.1) is 13.2 Å². The molecular formula is C39H62O5. The van der Waals surface area contributed by atoms with E-state index in [4.69, 9.17) is 14.6 Å². The minimum absolute atomic E-state index is 0.0457. The minimum atomic E-state index is -0.330. The van der Waals surface area contributed by atoms with Crippen molar-refractivity contribution in [2.45, 2.75) is 123 Å². The number of unbranched alkanes of at least 4 members (excludes halogenated alkanes) is 2. The Balaban J connectivity index is 0.00000102. The summed E-state index contributed by atoms with van der Waals surface area (Å²) in [7, 11) is 1.71. The first-order valence-corrected chi connectivity index (χ1v) is 17.4. The molecule has 0 spiro atoms. The van der Waals surface area contributed by atoms with Gasteiger partial charge in [0, 0.05) is 24.2 Å². The van der Waals surface area contributed by atoms with Gasteiger partial charge in [0.1, 0.15) is 12.9 Å². The van der Waals surface area contributed by atoms with Crippen LogP contribution in [-0.2, 0) is 31.9 Å². The van der Waals surface area contributed by atoms with Gasteiger partial charge in [-0.1, -0.05) is 96.6 Å². The highest BCUT2D eigenvalue weighted by molar-refractivity contribution is 5.86. The van der Waals surface area contributed by atoms with Crippen LogP contribution in [0.1, 0.15) is 127 Å². The fourth-order valence-corrected chi connectivity index (χ4v) is 7.19. The van der Waals surface area contributed by atoms with Crippen LogP contribution in [0, 0.1) is 23.7 Å². The van der Waals surface area contributed by atoms with Crippen molar-refractivity contribution in [3.05, 3.63) is 59.2 Å². The first kappa shape index (κ1) is 37.9. The van der Waals surface area contributed by atoms with Gasteiger partial charge < -0.3 is 14.6 Å². The third kappa shape index (κ3) is 13.4. The number of aliphatic hydroxyl groups is 1. The molecule has 0 radical (unpaired) electrons. The number of hydrogen-bond acceptors (Lipinski definition) is 5. The molecule has 0 aromatic heterocycles. The van der Waals surface area contributed by atoms with Crippen molar-refractivity contribution in [3.8, 4) is 0 Å². The number of rotatable bonds is 17.